The molecule has 0 radical (unpaired) electrons. The van der Waals surface area contributed by atoms with E-state index in [9.17, 15) is 9.59 Å². The number of piperidine rings is 1. The quantitative estimate of drug-likeness (QED) is 0.534. The van der Waals surface area contributed by atoms with Gasteiger partial charge in [0.15, 0.2) is 0 Å². The number of ether oxygens (including phenoxy) is 1. The third-order valence-corrected chi connectivity index (χ3v) is 7.76. The Labute approximate surface area is 199 Å². The van der Waals surface area contributed by atoms with E-state index in [-0.39, 0.29) is 17.7 Å². The second-order valence-electron chi connectivity index (χ2n) is 7.59. The zero-order valence-corrected chi connectivity index (χ0v) is 20.4. The summed E-state index contributed by atoms with van der Waals surface area (Å²) in [6, 6.07) is 5.08. The minimum atomic E-state index is -0.280. The number of halogens is 1. The number of hydrogen-bond acceptors (Lipinski definition) is 7. The molecule has 3 aromatic rings. The van der Waals surface area contributed by atoms with Crippen molar-refractivity contribution in [2.45, 2.75) is 32.6 Å². The average molecular weight is 491 g/mol. The van der Waals surface area contributed by atoms with Crippen molar-refractivity contribution in [3.63, 3.8) is 0 Å². The number of nitrogens with zero attached hydrogens (tertiary/aromatic N) is 3. The van der Waals surface area contributed by atoms with Gasteiger partial charge in [-0.05, 0) is 44.9 Å². The van der Waals surface area contributed by atoms with Gasteiger partial charge >= 0.3 is 0 Å². The number of aromatic nitrogens is 2. The molecule has 2 aromatic heterocycles. The molecule has 0 atom stereocenters. The van der Waals surface area contributed by atoms with Crippen LogP contribution >= 0.6 is 34.3 Å². The van der Waals surface area contributed by atoms with Crippen LogP contribution in [-0.2, 0) is 0 Å². The fraction of sp³-hybridized carbons (Fsp3) is 0.364. The van der Waals surface area contributed by atoms with Crippen molar-refractivity contribution in [3.8, 4) is 5.75 Å². The Morgan fingerprint density at radius 2 is 1.97 bits per heavy atom. The van der Waals surface area contributed by atoms with Crippen LogP contribution in [0.15, 0.2) is 23.6 Å². The van der Waals surface area contributed by atoms with Crippen LogP contribution in [0.2, 0.25) is 5.02 Å². The van der Waals surface area contributed by atoms with E-state index in [1.54, 1.807) is 23.6 Å². The van der Waals surface area contributed by atoms with Gasteiger partial charge in [-0.1, -0.05) is 11.6 Å². The van der Waals surface area contributed by atoms with E-state index in [0.29, 0.717) is 35.2 Å². The van der Waals surface area contributed by atoms with Crippen LogP contribution in [0.5, 0.6) is 5.75 Å². The van der Waals surface area contributed by atoms with Crippen molar-refractivity contribution in [1.29, 1.82) is 0 Å². The van der Waals surface area contributed by atoms with Crippen molar-refractivity contribution < 1.29 is 14.3 Å². The molecule has 32 heavy (non-hydrogen) atoms. The molecule has 168 valence electrons. The van der Waals surface area contributed by atoms with Crippen LogP contribution in [0.25, 0.3) is 0 Å². The van der Waals surface area contributed by atoms with Crippen LogP contribution < -0.4 is 10.1 Å². The predicted octanol–water partition coefficient (Wildman–Crippen LogP) is 5.15. The normalized spacial score (nSPS) is 14.4. The van der Waals surface area contributed by atoms with E-state index in [1.165, 1.54) is 29.8 Å². The fourth-order valence-electron chi connectivity index (χ4n) is 3.72. The van der Waals surface area contributed by atoms with E-state index in [1.807, 2.05) is 18.7 Å². The first-order valence-corrected chi connectivity index (χ1v) is 12.3. The summed E-state index contributed by atoms with van der Waals surface area (Å²) in [5, 5.41) is 6.86. The summed E-state index contributed by atoms with van der Waals surface area (Å²) < 4.78 is 5.13. The van der Waals surface area contributed by atoms with Crippen LogP contribution in [0.1, 0.15) is 54.6 Å². The first kappa shape index (κ1) is 22.7. The van der Waals surface area contributed by atoms with Gasteiger partial charge in [0.2, 0.25) is 0 Å². The SMILES string of the molecule is COc1ccc(NC(=O)c2csc(C3CCN(C(=O)c4sc(C)nc4C)CC3)n2)cc1Cl. The highest BCUT2D eigenvalue weighted by molar-refractivity contribution is 7.13. The molecule has 7 nitrogen and oxygen atoms in total. The largest absolute Gasteiger partial charge is 0.495 e. The number of likely N-dealkylation sites (tertiary alicyclic amines) is 1. The van der Waals surface area contributed by atoms with Gasteiger partial charge in [-0.15, -0.1) is 22.7 Å². The second-order valence-corrected chi connectivity index (χ2v) is 10.1. The molecule has 3 heterocycles. The molecule has 1 aliphatic rings. The maximum atomic E-state index is 12.8. The molecule has 10 heteroatoms. The van der Waals surface area contributed by atoms with Crippen LogP contribution in [0.3, 0.4) is 0 Å². The van der Waals surface area contributed by atoms with Crippen LogP contribution in [0.4, 0.5) is 5.69 Å². The maximum Gasteiger partial charge on any atom is 0.275 e. The average Bonchev–Trinajstić information content (AvgIpc) is 3.40. The van der Waals surface area contributed by atoms with Crippen molar-refractivity contribution in [2.75, 3.05) is 25.5 Å². The first-order chi connectivity index (χ1) is 15.4. The van der Waals surface area contributed by atoms with Crippen molar-refractivity contribution in [2.24, 2.45) is 0 Å². The van der Waals surface area contributed by atoms with Crippen molar-refractivity contribution in [1.82, 2.24) is 14.9 Å². The molecule has 1 N–H and O–H groups in total. The number of carbonyl (C=O) groups excluding carboxylic acids is 2. The molecule has 1 fully saturated rings. The minimum absolute atomic E-state index is 0.0592. The Morgan fingerprint density at radius 3 is 2.59 bits per heavy atom. The molecule has 0 unspecified atom stereocenters. The summed E-state index contributed by atoms with van der Waals surface area (Å²) in [4.78, 5) is 37.0. The molecular weight excluding hydrogens is 468 g/mol. The molecule has 1 aliphatic heterocycles. The molecule has 0 bridgehead atoms. The predicted molar refractivity (Wildman–Crippen MR) is 128 cm³/mol. The number of aryl methyl sites for hydroxylation is 2. The first-order valence-electron chi connectivity index (χ1n) is 10.2. The number of anilines is 1. The van der Waals surface area contributed by atoms with Gasteiger partial charge in [0.25, 0.3) is 11.8 Å². The molecule has 2 amide bonds. The van der Waals surface area contributed by atoms with Crippen LogP contribution in [0, 0.1) is 13.8 Å². The highest BCUT2D eigenvalue weighted by atomic mass is 35.5. The second kappa shape index (κ2) is 9.56. The smallest absolute Gasteiger partial charge is 0.275 e. The van der Waals surface area contributed by atoms with Crippen molar-refractivity contribution >= 4 is 51.8 Å². The number of methoxy groups -OCH3 is 1. The topological polar surface area (TPSA) is 84.4 Å². The number of nitrogens with one attached hydrogen (secondary N) is 1. The minimum Gasteiger partial charge on any atom is -0.495 e. The molecule has 1 aromatic carbocycles. The third kappa shape index (κ3) is 4.79. The lowest BCUT2D eigenvalue weighted by Crippen LogP contribution is -2.37. The monoisotopic (exact) mass is 490 g/mol. The lowest BCUT2D eigenvalue weighted by atomic mass is 9.97. The van der Waals surface area contributed by atoms with E-state index in [4.69, 9.17) is 16.3 Å². The number of carbonyl (C=O) groups is 2. The molecule has 1 saturated heterocycles. The third-order valence-electron chi connectivity index (χ3n) is 5.39. The molecule has 0 aliphatic carbocycles. The summed E-state index contributed by atoms with van der Waals surface area (Å²) >= 11 is 9.06. The van der Waals surface area contributed by atoms with Gasteiger partial charge in [0, 0.05) is 30.1 Å². The summed E-state index contributed by atoms with van der Waals surface area (Å²) in [5.41, 5.74) is 1.76. The number of thiazole rings is 2. The summed E-state index contributed by atoms with van der Waals surface area (Å²) in [5.74, 6) is 0.567. The van der Waals surface area contributed by atoms with Gasteiger partial charge in [-0.25, -0.2) is 9.97 Å². The molecule has 0 saturated carbocycles. The molecule has 0 spiro atoms. The number of benzene rings is 1. The lowest BCUT2D eigenvalue weighted by molar-refractivity contribution is 0.0717. The van der Waals surface area contributed by atoms with Gasteiger partial charge in [-0.2, -0.15) is 0 Å². The Hall–Kier alpha value is -2.49. The Kier molecular flexibility index (Phi) is 6.78. The number of rotatable bonds is 5. The van der Waals surface area contributed by atoms with Gasteiger partial charge in [0.05, 0.1) is 27.8 Å². The van der Waals surface area contributed by atoms with Gasteiger partial charge in [-0.3, -0.25) is 9.59 Å². The zero-order chi connectivity index (χ0) is 22.8. The Bertz CT molecular complexity index is 1150. The van der Waals surface area contributed by atoms with E-state index in [2.05, 4.69) is 15.3 Å². The highest BCUT2D eigenvalue weighted by Crippen LogP contribution is 2.32. The van der Waals surface area contributed by atoms with Gasteiger partial charge < -0.3 is 15.0 Å². The standard InChI is InChI=1S/C22H23ClN4O3S2/c1-12-19(32-13(2)24-12)22(29)27-8-6-14(7-9-27)21-26-17(11-31-21)20(28)25-15-4-5-18(30-3)16(23)10-15/h4-5,10-11,14H,6-9H2,1-3H3,(H,25,28). The van der Waals surface area contributed by atoms with Gasteiger partial charge in [0.1, 0.15) is 16.3 Å². The molecule has 4 rings (SSSR count). The summed E-state index contributed by atoms with van der Waals surface area (Å²) in [6.45, 7) is 5.14. The molecular formula is C22H23ClN4O3S2. The lowest BCUT2D eigenvalue weighted by Gasteiger charge is -2.30. The maximum absolute atomic E-state index is 12.8. The Morgan fingerprint density at radius 1 is 1.22 bits per heavy atom. The summed E-state index contributed by atoms with van der Waals surface area (Å²) in [6.07, 6.45) is 1.65. The van der Waals surface area contributed by atoms with E-state index in [0.717, 1.165) is 33.4 Å². The van der Waals surface area contributed by atoms with Crippen LogP contribution in [-0.4, -0.2) is 46.9 Å². The number of hydrogen-bond donors (Lipinski definition) is 1. The summed E-state index contributed by atoms with van der Waals surface area (Å²) in [7, 11) is 1.54. The highest BCUT2D eigenvalue weighted by Gasteiger charge is 2.28. The zero-order valence-electron chi connectivity index (χ0n) is 18.0. The fourth-order valence-corrected chi connectivity index (χ4v) is 5.84. The number of amides is 2. The Balaban J connectivity index is 1.36. The van der Waals surface area contributed by atoms with E-state index < -0.39 is 0 Å². The van der Waals surface area contributed by atoms with Crippen molar-refractivity contribution in [3.05, 3.63) is 54.9 Å². The van der Waals surface area contributed by atoms with E-state index >= 15 is 0 Å².